The van der Waals surface area contributed by atoms with Crippen LogP contribution in [0, 0.1) is 5.92 Å². The molecule has 0 atom stereocenters. The molecular weight excluding hydrogens is 374 g/mol. The van der Waals surface area contributed by atoms with Gasteiger partial charge < -0.3 is 15.4 Å². The SMILES string of the molecule is CCCOC(=O)c1ccc(NC(=O)CN2C(=O)NC3(CCC(C)CC3)C2=O)cc1. The van der Waals surface area contributed by atoms with E-state index in [1.165, 1.54) is 0 Å². The van der Waals surface area contributed by atoms with Crippen LogP contribution < -0.4 is 10.6 Å². The van der Waals surface area contributed by atoms with Gasteiger partial charge in [-0.2, -0.15) is 0 Å². The predicted octanol–water partition coefficient (Wildman–Crippen LogP) is 2.69. The van der Waals surface area contributed by atoms with E-state index >= 15 is 0 Å². The second-order valence-corrected chi connectivity index (χ2v) is 7.85. The van der Waals surface area contributed by atoms with E-state index in [9.17, 15) is 19.2 Å². The smallest absolute Gasteiger partial charge is 0.338 e. The number of nitrogens with one attached hydrogen (secondary N) is 2. The van der Waals surface area contributed by atoms with E-state index in [2.05, 4.69) is 17.6 Å². The molecule has 1 aromatic rings. The number of ether oxygens (including phenoxy) is 1. The van der Waals surface area contributed by atoms with E-state index in [0.29, 0.717) is 36.6 Å². The molecule has 0 aromatic heterocycles. The van der Waals surface area contributed by atoms with Gasteiger partial charge in [0.2, 0.25) is 5.91 Å². The fraction of sp³-hybridized carbons (Fsp3) is 0.524. The van der Waals surface area contributed by atoms with Crippen LogP contribution in [0.25, 0.3) is 0 Å². The minimum Gasteiger partial charge on any atom is -0.462 e. The second kappa shape index (κ2) is 8.63. The average Bonchev–Trinajstić information content (AvgIpc) is 2.93. The summed E-state index contributed by atoms with van der Waals surface area (Å²) in [5, 5.41) is 5.45. The minimum absolute atomic E-state index is 0.321. The summed E-state index contributed by atoms with van der Waals surface area (Å²) in [6.45, 7) is 4.05. The maximum Gasteiger partial charge on any atom is 0.338 e. The molecule has 2 aliphatic rings. The Morgan fingerprint density at radius 1 is 1.21 bits per heavy atom. The zero-order chi connectivity index (χ0) is 21.0. The number of imide groups is 1. The molecule has 0 radical (unpaired) electrons. The summed E-state index contributed by atoms with van der Waals surface area (Å²) in [6, 6.07) is 5.75. The predicted molar refractivity (Wildman–Crippen MR) is 106 cm³/mol. The molecule has 1 heterocycles. The summed E-state index contributed by atoms with van der Waals surface area (Å²) in [5.74, 6) is -0.685. The molecule has 1 aliphatic heterocycles. The Kier molecular flexibility index (Phi) is 6.20. The number of urea groups is 1. The van der Waals surface area contributed by atoms with Crippen molar-refractivity contribution in [1.29, 1.82) is 0 Å². The van der Waals surface area contributed by atoms with Crippen LogP contribution in [0.4, 0.5) is 10.5 Å². The van der Waals surface area contributed by atoms with Crippen LogP contribution in [0.15, 0.2) is 24.3 Å². The van der Waals surface area contributed by atoms with Crippen molar-refractivity contribution in [2.75, 3.05) is 18.5 Å². The summed E-state index contributed by atoms with van der Waals surface area (Å²) >= 11 is 0. The Labute approximate surface area is 170 Å². The van der Waals surface area contributed by atoms with Crippen LogP contribution in [0.1, 0.15) is 56.3 Å². The highest BCUT2D eigenvalue weighted by Crippen LogP contribution is 2.36. The normalized spacial score (nSPS) is 23.8. The fourth-order valence-electron chi connectivity index (χ4n) is 3.73. The van der Waals surface area contributed by atoms with Gasteiger partial charge in [-0.1, -0.05) is 13.8 Å². The van der Waals surface area contributed by atoms with E-state index in [1.807, 2.05) is 6.92 Å². The number of benzene rings is 1. The Bertz CT molecular complexity index is 797. The zero-order valence-corrected chi connectivity index (χ0v) is 16.8. The van der Waals surface area contributed by atoms with Crippen molar-refractivity contribution in [2.45, 2.75) is 51.5 Å². The first-order valence-corrected chi connectivity index (χ1v) is 10.1. The summed E-state index contributed by atoms with van der Waals surface area (Å²) in [4.78, 5) is 50.3. The standard InChI is InChI=1S/C21H27N3O5/c1-3-12-29-18(26)15-4-6-16(7-5-15)22-17(25)13-24-19(27)21(23-20(24)28)10-8-14(2)9-11-21/h4-7,14H,3,8-13H2,1-2H3,(H,22,25)(H,23,28). The van der Waals surface area contributed by atoms with Gasteiger partial charge in [0.25, 0.3) is 5.91 Å². The van der Waals surface area contributed by atoms with Crippen LogP contribution in [-0.4, -0.2) is 47.4 Å². The monoisotopic (exact) mass is 401 g/mol. The van der Waals surface area contributed by atoms with Gasteiger partial charge in [-0.15, -0.1) is 0 Å². The van der Waals surface area contributed by atoms with Gasteiger partial charge in [-0.05, 0) is 62.3 Å². The number of rotatable bonds is 6. The number of nitrogens with zero attached hydrogens (tertiary/aromatic N) is 1. The van der Waals surface area contributed by atoms with Crippen LogP contribution in [0.3, 0.4) is 0 Å². The van der Waals surface area contributed by atoms with Crippen LogP contribution >= 0.6 is 0 Å². The fourth-order valence-corrected chi connectivity index (χ4v) is 3.73. The molecule has 1 saturated heterocycles. The molecule has 4 amide bonds. The highest BCUT2D eigenvalue weighted by molar-refractivity contribution is 6.10. The van der Waals surface area contributed by atoms with Crippen molar-refractivity contribution in [3.63, 3.8) is 0 Å². The van der Waals surface area contributed by atoms with E-state index in [-0.39, 0.29) is 12.5 Å². The Morgan fingerprint density at radius 3 is 2.48 bits per heavy atom. The lowest BCUT2D eigenvalue weighted by Gasteiger charge is -2.33. The molecule has 3 rings (SSSR count). The van der Waals surface area contributed by atoms with Crippen molar-refractivity contribution >= 4 is 29.5 Å². The number of esters is 1. The molecule has 0 bridgehead atoms. The van der Waals surface area contributed by atoms with Crippen LogP contribution in [-0.2, 0) is 14.3 Å². The molecule has 8 heteroatoms. The van der Waals surface area contributed by atoms with Crippen LogP contribution in [0.2, 0.25) is 0 Å². The minimum atomic E-state index is -0.857. The summed E-state index contributed by atoms with van der Waals surface area (Å²) in [7, 11) is 0. The Hall–Kier alpha value is -2.90. The van der Waals surface area contributed by atoms with Gasteiger partial charge in [0, 0.05) is 5.69 Å². The van der Waals surface area contributed by atoms with E-state index in [4.69, 9.17) is 4.74 Å². The first-order valence-electron chi connectivity index (χ1n) is 10.1. The first kappa shape index (κ1) is 20.8. The van der Waals surface area contributed by atoms with E-state index in [1.54, 1.807) is 24.3 Å². The third kappa shape index (κ3) is 4.58. The Morgan fingerprint density at radius 2 is 1.86 bits per heavy atom. The molecule has 1 aromatic carbocycles. The molecule has 1 saturated carbocycles. The number of carbonyl (C=O) groups excluding carboxylic acids is 4. The van der Waals surface area contributed by atoms with E-state index < -0.39 is 23.4 Å². The highest BCUT2D eigenvalue weighted by atomic mass is 16.5. The lowest BCUT2D eigenvalue weighted by molar-refractivity contribution is -0.135. The largest absolute Gasteiger partial charge is 0.462 e. The van der Waals surface area contributed by atoms with Crippen molar-refractivity contribution < 1.29 is 23.9 Å². The molecule has 2 fully saturated rings. The molecule has 29 heavy (non-hydrogen) atoms. The van der Waals surface area contributed by atoms with E-state index in [0.717, 1.165) is 24.2 Å². The lowest BCUT2D eigenvalue weighted by atomic mass is 9.77. The van der Waals surface area contributed by atoms with Crippen molar-refractivity contribution in [3.8, 4) is 0 Å². The molecule has 2 N–H and O–H groups in total. The number of carbonyl (C=O) groups is 4. The third-order valence-electron chi connectivity index (χ3n) is 5.52. The lowest BCUT2D eigenvalue weighted by Crippen LogP contribution is -2.49. The number of hydrogen-bond acceptors (Lipinski definition) is 5. The summed E-state index contributed by atoms with van der Waals surface area (Å²) < 4.78 is 5.06. The van der Waals surface area contributed by atoms with Crippen molar-refractivity contribution in [3.05, 3.63) is 29.8 Å². The van der Waals surface area contributed by atoms with Gasteiger partial charge in [-0.25, -0.2) is 9.59 Å². The first-order chi connectivity index (χ1) is 13.8. The molecule has 1 aliphatic carbocycles. The molecule has 0 unspecified atom stereocenters. The second-order valence-electron chi connectivity index (χ2n) is 7.85. The molecule has 1 spiro atoms. The van der Waals surface area contributed by atoms with Crippen molar-refractivity contribution in [2.24, 2.45) is 5.92 Å². The third-order valence-corrected chi connectivity index (χ3v) is 5.52. The van der Waals surface area contributed by atoms with Crippen molar-refractivity contribution in [1.82, 2.24) is 10.2 Å². The molecule has 8 nitrogen and oxygen atoms in total. The zero-order valence-electron chi connectivity index (χ0n) is 16.8. The van der Waals surface area contributed by atoms with Gasteiger partial charge in [-0.3, -0.25) is 14.5 Å². The number of anilines is 1. The van der Waals surface area contributed by atoms with Gasteiger partial charge >= 0.3 is 12.0 Å². The maximum atomic E-state index is 12.8. The average molecular weight is 401 g/mol. The van der Waals surface area contributed by atoms with Gasteiger partial charge in [0.15, 0.2) is 0 Å². The van der Waals surface area contributed by atoms with Crippen LogP contribution in [0.5, 0.6) is 0 Å². The highest BCUT2D eigenvalue weighted by Gasteiger charge is 2.52. The maximum absolute atomic E-state index is 12.8. The molecule has 156 valence electrons. The van der Waals surface area contributed by atoms with Gasteiger partial charge in [0.1, 0.15) is 12.1 Å². The summed E-state index contributed by atoms with van der Waals surface area (Å²) in [6.07, 6.45) is 3.69. The quantitative estimate of drug-likeness (QED) is 0.563. The number of amides is 4. The summed E-state index contributed by atoms with van der Waals surface area (Å²) in [5.41, 5.74) is -0.000925. The number of hydrogen-bond donors (Lipinski definition) is 2. The van der Waals surface area contributed by atoms with Gasteiger partial charge in [0.05, 0.1) is 12.2 Å². The molecular formula is C21H27N3O5. The topological polar surface area (TPSA) is 105 Å². The Balaban J connectivity index is 1.57.